The van der Waals surface area contributed by atoms with Crippen LogP contribution in [0.25, 0.3) is 5.69 Å². The van der Waals surface area contributed by atoms with Crippen LogP contribution in [-0.2, 0) is 13.0 Å². The van der Waals surface area contributed by atoms with E-state index < -0.39 is 6.10 Å². The van der Waals surface area contributed by atoms with Crippen LogP contribution in [0.2, 0.25) is 0 Å². The van der Waals surface area contributed by atoms with Crippen LogP contribution in [0, 0.1) is 0 Å². The van der Waals surface area contributed by atoms with Gasteiger partial charge in [-0.1, -0.05) is 36.4 Å². The first-order chi connectivity index (χ1) is 16.1. The Morgan fingerprint density at radius 1 is 1.15 bits per heavy atom. The molecule has 0 saturated heterocycles. The van der Waals surface area contributed by atoms with E-state index in [-0.39, 0.29) is 30.0 Å². The summed E-state index contributed by atoms with van der Waals surface area (Å²) >= 11 is 0. The molecule has 0 bridgehead atoms. The van der Waals surface area contributed by atoms with Crippen molar-refractivity contribution in [2.75, 3.05) is 26.2 Å². The lowest BCUT2D eigenvalue weighted by molar-refractivity contribution is 0.111. The van der Waals surface area contributed by atoms with Gasteiger partial charge in [0.15, 0.2) is 5.96 Å². The Hall–Kier alpha value is -2.43. The Balaban J connectivity index is 0.00000324. The molecule has 3 aromatic rings. The second-order valence-electron chi connectivity index (χ2n) is 8.54. The van der Waals surface area contributed by atoms with Crippen molar-refractivity contribution in [1.29, 1.82) is 0 Å². The molecule has 4 rings (SSSR count). The second-order valence-corrected chi connectivity index (χ2v) is 8.54. The normalized spacial score (nSPS) is 15.7. The third kappa shape index (κ3) is 7.04. The van der Waals surface area contributed by atoms with Crippen LogP contribution in [0.5, 0.6) is 0 Å². The Morgan fingerprint density at radius 2 is 1.97 bits per heavy atom. The Bertz CT molecular complexity index is 1050. The van der Waals surface area contributed by atoms with Gasteiger partial charge < -0.3 is 15.7 Å². The number of aliphatic hydroxyl groups excluding tert-OH is 1. The van der Waals surface area contributed by atoms with E-state index in [0.29, 0.717) is 19.0 Å². The quantitative estimate of drug-likeness (QED) is 0.218. The van der Waals surface area contributed by atoms with Crippen LogP contribution in [0.1, 0.15) is 36.6 Å². The van der Waals surface area contributed by atoms with Crippen LogP contribution in [0.15, 0.2) is 72.0 Å². The molecule has 0 saturated carbocycles. The minimum absolute atomic E-state index is 0. The maximum absolute atomic E-state index is 10.6. The van der Waals surface area contributed by atoms with Gasteiger partial charge in [0, 0.05) is 38.6 Å². The third-order valence-corrected chi connectivity index (χ3v) is 5.98. The van der Waals surface area contributed by atoms with Gasteiger partial charge in [-0.05, 0) is 55.2 Å². The van der Waals surface area contributed by atoms with E-state index in [1.807, 2.05) is 36.0 Å². The number of rotatable bonds is 8. The molecule has 1 aromatic heterocycles. The van der Waals surface area contributed by atoms with Crippen molar-refractivity contribution < 1.29 is 5.11 Å². The lowest BCUT2D eigenvalue weighted by Gasteiger charge is -2.30. The molecule has 1 aliphatic rings. The topological polar surface area (TPSA) is 77.7 Å². The Labute approximate surface area is 219 Å². The van der Waals surface area contributed by atoms with Crippen molar-refractivity contribution in [3.05, 3.63) is 83.7 Å². The zero-order valence-corrected chi connectivity index (χ0v) is 22.2. The van der Waals surface area contributed by atoms with Gasteiger partial charge in [-0.3, -0.25) is 9.89 Å². The molecule has 2 heterocycles. The number of nitrogens with zero attached hydrogens (tertiary/aromatic N) is 4. The van der Waals surface area contributed by atoms with Gasteiger partial charge in [0.05, 0.1) is 24.4 Å². The predicted octanol–water partition coefficient (Wildman–Crippen LogP) is 3.53. The zero-order chi connectivity index (χ0) is 23.0. The second kappa shape index (κ2) is 12.9. The van der Waals surface area contributed by atoms with Gasteiger partial charge in [0.1, 0.15) is 0 Å². The van der Waals surface area contributed by atoms with Crippen molar-refractivity contribution in [3.8, 4) is 5.69 Å². The summed E-state index contributed by atoms with van der Waals surface area (Å²) in [6.45, 7) is 7.74. The number of aromatic nitrogens is 2. The molecular formula is C26H35IN6O. The summed E-state index contributed by atoms with van der Waals surface area (Å²) in [5.41, 5.74) is 4.94. The zero-order valence-electron chi connectivity index (χ0n) is 19.9. The van der Waals surface area contributed by atoms with E-state index in [0.717, 1.165) is 37.3 Å². The molecule has 8 heteroatoms. The standard InChI is InChI=1S/C26H34N6O.HI/c1-3-27-26(30-20(2)22-10-6-11-24(16-22)32-14-7-13-29-32)28-17-25(33)19-31-15-12-21-8-4-5-9-23(21)18-31;/h4-11,13-14,16,20,25,33H,3,12,15,17-19H2,1-2H3,(H2,27,28,30);1H. The molecule has 0 amide bonds. The smallest absolute Gasteiger partial charge is 0.191 e. The van der Waals surface area contributed by atoms with E-state index in [9.17, 15) is 5.11 Å². The van der Waals surface area contributed by atoms with E-state index in [1.54, 1.807) is 6.20 Å². The van der Waals surface area contributed by atoms with Gasteiger partial charge in [0.25, 0.3) is 0 Å². The van der Waals surface area contributed by atoms with Crippen molar-refractivity contribution in [3.63, 3.8) is 0 Å². The summed E-state index contributed by atoms with van der Waals surface area (Å²) in [4.78, 5) is 6.97. The predicted molar refractivity (Wildman–Crippen MR) is 148 cm³/mol. The van der Waals surface area contributed by atoms with Gasteiger partial charge in [-0.15, -0.1) is 24.0 Å². The molecule has 0 fully saturated rings. The number of benzene rings is 2. The highest BCUT2D eigenvalue weighted by Crippen LogP contribution is 2.19. The minimum Gasteiger partial charge on any atom is -0.390 e. The summed E-state index contributed by atoms with van der Waals surface area (Å²) in [6.07, 6.45) is 4.23. The van der Waals surface area contributed by atoms with Gasteiger partial charge in [-0.2, -0.15) is 5.10 Å². The van der Waals surface area contributed by atoms with E-state index in [4.69, 9.17) is 0 Å². The average Bonchev–Trinajstić information content (AvgIpc) is 3.38. The number of fused-ring (bicyclic) bond motifs is 1. The van der Waals surface area contributed by atoms with Gasteiger partial charge >= 0.3 is 0 Å². The molecule has 0 radical (unpaired) electrons. The van der Waals surface area contributed by atoms with E-state index >= 15 is 0 Å². The lowest BCUT2D eigenvalue weighted by Crippen LogP contribution is -2.41. The van der Waals surface area contributed by atoms with Crippen LogP contribution in [-0.4, -0.2) is 58.0 Å². The molecule has 2 aromatic carbocycles. The van der Waals surface area contributed by atoms with Gasteiger partial charge in [-0.25, -0.2) is 4.68 Å². The number of halogens is 1. The van der Waals surface area contributed by atoms with E-state index in [1.165, 1.54) is 11.1 Å². The maximum atomic E-state index is 10.6. The van der Waals surface area contributed by atoms with Crippen LogP contribution in [0.3, 0.4) is 0 Å². The fourth-order valence-corrected chi connectivity index (χ4v) is 4.23. The van der Waals surface area contributed by atoms with Crippen molar-refractivity contribution >= 4 is 29.9 Å². The molecule has 2 unspecified atom stereocenters. The summed E-state index contributed by atoms with van der Waals surface area (Å²) in [7, 11) is 0. The molecule has 0 aliphatic carbocycles. The molecule has 182 valence electrons. The molecule has 0 spiro atoms. The molecule has 2 atom stereocenters. The fourth-order valence-electron chi connectivity index (χ4n) is 4.23. The molecule has 1 aliphatic heterocycles. The number of nitrogens with one attached hydrogen (secondary N) is 2. The molecule has 34 heavy (non-hydrogen) atoms. The molecule has 3 N–H and O–H groups in total. The maximum Gasteiger partial charge on any atom is 0.191 e. The average molecular weight is 575 g/mol. The minimum atomic E-state index is -0.510. The number of aliphatic hydroxyl groups is 1. The Kier molecular flexibility index (Phi) is 9.91. The van der Waals surface area contributed by atoms with Gasteiger partial charge in [0.2, 0.25) is 0 Å². The van der Waals surface area contributed by atoms with Crippen LogP contribution < -0.4 is 10.6 Å². The Morgan fingerprint density at radius 3 is 2.74 bits per heavy atom. The van der Waals surface area contributed by atoms with E-state index in [2.05, 4.69) is 68.9 Å². The van der Waals surface area contributed by atoms with Crippen molar-refractivity contribution in [1.82, 2.24) is 25.3 Å². The largest absolute Gasteiger partial charge is 0.390 e. The number of hydrogen-bond donors (Lipinski definition) is 3. The van der Waals surface area contributed by atoms with Crippen LogP contribution in [0.4, 0.5) is 0 Å². The lowest BCUT2D eigenvalue weighted by atomic mass is 10.00. The first-order valence-electron chi connectivity index (χ1n) is 11.7. The number of aliphatic imine (C=N–C) groups is 1. The number of β-amino-alcohol motifs (C(OH)–C–C–N with tert-alkyl or cyclic N) is 1. The summed E-state index contributed by atoms with van der Waals surface area (Å²) in [6, 6.07) is 18.8. The number of guanidine groups is 1. The third-order valence-electron chi connectivity index (χ3n) is 5.98. The molecular weight excluding hydrogens is 539 g/mol. The first-order valence-corrected chi connectivity index (χ1v) is 11.7. The van der Waals surface area contributed by atoms with Crippen molar-refractivity contribution in [2.24, 2.45) is 4.99 Å². The monoisotopic (exact) mass is 574 g/mol. The summed E-state index contributed by atoms with van der Waals surface area (Å²) < 4.78 is 1.85. The highest BCUT2D eigenvalue weighted by molar-refractivity contribution is 14.0. The highest BCUT2D eigenvalue weighted by atomic mass is 127. The fraction of sp³-hybridized carbons (Fsp3) is 0.385. The number of hydrogen-bond acceptors (Lipinski definition) is 4. The van der Waals surface area contributed by atoms with Crippen LogP contribution >= 0.6 is 24.0 Å². The SMILES string of the molecule is CCNC(=NCC(O)CN1CCc2ccccc2C1)NC(C)c1cccc(-n2cccn2)c1.I. The van der Waals surface area contributed by atoms with Crippen molar-refractivity contribution in [2.45, 2.75) is 39.0 Å². The summed E-state index contributed by atoms with van der Waals surface area (Å²) in [5, 5.41) is 21.7. The molecule has 7 nitrogen and oxygen atoms in total. The first kappa shape index (κ1) is 26.2. The summed E-state index contributed by atoms with van der Waals surface area (Å²) in [5.74, 6) is 0.706. The highest BCUT2D eigenvalue weighted by Gasteiger charge is 2.18.